The normalized spacial score (nSPS) is 14.9. The van der Waals surface area contributed by atoms with Crippen molar-refractivity contribution in [2.45, 2.75) is 13.5 Å². The van der Waals surface area contributed by atoms with Crippen molar-refractivity contribution in [1.82, 2.24) is 0 Å². The molecule has 0 atom stereocenters. The molecular weight excluding hydrogens is 166 g/mol. The summed E-state index contributed by atoms with van der Waals surface area (Å²) in [7, 11) is 0. The molecule has 1 aromatic carbocycles. The largest absolute Gasteiger partial charge is 0.392 e. The summed E-state index contributed by atoms with van der Waals surface area (Å²) in [5.74, 6) is 0.146. The molecule has 3 heteroatoms. The molecule has 0 unspecified atom stereocenters. The Hall–Kier alpha value is -1.35. The van der Waals surface area contributed by atoms with E-state index in [4.69, 9.17) is 5.11 Å². The van der Waals surface area contributed by atoms with E-state index < -0.39 is 0 Å². The lowest BCUT2D eigenvalue weighted by molar-refractivity contribution is -0.109. The van der Waals surface area contributed by atoms with Gasteiger partial charge in [0.05, 0.1) is 6.61 Å². The average Bonchev–Trinajstić information content (AvgIpc) is 2.84. The summed E-state index contributed by atoms with van der Waals surface area (Å²) in [5.41, 5.74) is 2.83. The molecular formula is C10H11NO2. The van der Waals surface area contributed by atoms with Crippen molar-refractivity contribution in [2.24, 2.45) is 0 Å². The number of aryl methyl sites for hydroxylation is 1. The molecule has 2 rings (SSSR count). The SMILES string of the molecule is Cc1ccc(N2CC2=O)cc1CO. The van der Waals surface area contributed by atoms with Crippen molar-refractivity contribution in [3.8, 4) is 0 Å². The minimum Gasteiger partial charge on any atom is -0.392 e. The van der Waals surface area contributed by atoms with Crippen molar-refractivity contribution in [3.05, 3.63) is 29.3 Å². The van der Waals surface area contributed by atoms with Gasteiger partial charge in [0.1, 0.15) is 6.54 Å². The number of aliphatic hydroxyl groups excluding tert-OH is 1. The Morgan fingerprint density at radius 3 is 2.77 bits per heavy atom. The van der Waals surface area contributed by atoms with Crippen LogP contribution in [0.2, 0.25) is 0 Å². The third-order valence-electron chi connectivity index (χ3n) is 2.31. The van der Waals surface area contributed by atoms with E-state index in [9.17, 15) is 4.79 Å². The quantitative estimate of drug-likeness (QED) is 0.680. The second-order valence-electron chi connectivity index (χ2n) is 3.25. The molecule has 1 aliphatic rings. The topological polar surface area (TPSA) is 40.3 Å². The molecule has 0 aliphatic carbocycles. The molecule has 1 heterocycles. The fraction of sp³-hybridized carbons (Fsp3) is 0.300. The standard InChI is InChI=1S/C10H11NO2/c1-7-2-3-9(4-8(7)6-12)11-5-10(11)13/h2-4,12H,5-6H2,1H3. The van der Waals surface area contributed by atoms with Crippen molar-refractivity contribution in [3.63, 3.8) is 0 Å². The summed E-state index contributed by atoms with van der Waals surface area (Å²) in [4.78, 5) is 12.5. The van der Waals surface area contributed by atoms with Gasteiger partial charge in [-0.05, 0) is 30.2 Å². The number of carbonyl (C=O) groups excluding carboxylic acids is 1. The van der Waals surface area contributed by atoms with E-state index in [2.05, 4.69) is 0 Å². The predicted molar refractivity (Wildman–Crippen MR) is 49.5 cm³/mol. The van der Waals surface area contributed by atoms with Gasteiger partial charge in [-0.15, -0.1) is 0 Å². The zero-order chi connectivity index (χ0) is 9.42. The van der Waals surface area contributed by atoms with Crippen molar-refractivity contribution in [1.29, 1.82) is 0 Å². The summed E-state index contributed by atoms with van der Waals surface area (Å²) < 4.78 is 0. The molecule has 1 amide bonds. The van der Waals surface area contributed by atoms with Crippen LogP contribution in [0.4, 0.5) is 5.69 Å². The van der Waals surface area contributed by atoms with Gasteiger partial charge in [-0.25, -0.2) is 0 Å². The zero-order valence-corrected chi connectivity index (χ0v) is 7.45. The van der Waals surface area contributed by atoms with Crippen LogP contribution in [0.1, 0.15) is 11.1 Å². The first kappa shape index (κ1) is 8.26. The van der Waals surface area contributed by atoms with Crippen molar-refractivity contribution >= 4 is 11.6 Å². The Morgan fingerprint density at radius 2 is 2.23 bits per heavy atom. The summed E-state index contributed by atoms with van der Waals surface area (Å²) >= 11 is 0. The van der Waals surface area contributed by atoms with Gasteiger partial charge >= 0.3 is 0 Å². The van der Waals surface area contributed by atoms with E-state index in [1.54, 1.807) is 4.90 Å². The highest BCUT2D eigenvalue weighted by atomic mass is 16.3. The molecule has 3 nitrogen and oxygen atoms in total. The van der Waals surface area contributed by atoms with Crippen molar-refractivity contribution in [2.75, 3.05) is 11.4 Å². The Bertz CT molecular complexity index is 360. The number of hydrogen-bond donors (Lipinski definition) is 1. The van der Waals surface area contributed by atoms with Crippen LogP contribution in [-0.4, -0.2) is 17.6 Å². The maximum atomic E-state index is 10.8. The van der Waals surface area contributed by atoms with Crippen LogP contribution in [0.25, 0.3) is 0 Å². The third-order valence-corrected chi connectivity index (χ3v) is 2.31. The molecule has 68 valence electrons. The Morgan fingerprint density at radius 1 is 1.54 bits per heavy atom. The van der Waals surface area contributed by atoms with Gasteiger partial charge in [0, 0.05) is 5.69 Å². The lowest BCUT2D eigenvalue weighted by atomic mass is 10.1. The summed E-state index contributed by atoms with van der Waals surface area (Å²) in [5, 5.41) is 9.01. The molecule has 0 spiro atoms. The zero-order valence-electron chi connectivity index (χ0n) is 7.45. The molecule has 0 saturated carbocycles. The Labute approximate surface area is 76.6 Å². The number of rotatable bonds is 2. The number of benzene rings is 1. The first-order valence-corrected chi connectivity index (χ1v) is 4.23. The minimum atomic E-state index is 0.0295. The number of hydrogen-bond acceptors (Lipinski definition) is 2. The second-order valence-corrected chi connectivity index (χ2v) is 3.25. The van der Waals surface area contributed by atoms with E-state index >= 15 is 0 Å². The van der Waals surface area contributed by atoms with E-state index in [1.807, 2.05) is 25.1 Å². The lowest BCUT2D eigenvalue weighted by Crippen LogP contribution is -1.96. The third kappa shape index (κ3) is 1.42. The fourth-order valence-corrected chi connectivity index (χ4v) is 1.33. The predicted octanol–water partition coefficient (Wildman–Crippen LogP) is 0.834. The molecule has 13 heavy (non-hydrogen) atoms. The van der Waals surface area contributed by atoms with E-state index in [1.165, 1.54) is 0 Å². The molecule has 0 radical (unpaired) electrons. The average molecular weight is 177 g/mol. The molecule has 1 fully saturated rings. The van der Waals surface area contributed by atoms with Crippen LogP contribution in [0.3, 0.4) is 0 Å². The summed E-state index contributed by atoms with van der Waals surface area (Å²) in [6.45, 7) is 2.48. The smallest absolute Gasteiger partial charge is 0.247 e. The maximum absolute atomic E-state index is 10.8. The van der Waals surface area contributed by atoms with Gasteiger partial charge in [-0.3, -0.25) is 4.79 Å². The number of amides is 1. The van der Waals surface area contributed by atoms with Crippen LogP contribution < -0.4 is 4.90 Å². The number of anilines is 1. The Balaban J connectivity index is 2.33. The van der Waals surface area contributed by atoms with Gasteiger partial charge in [0.15, 0.2) is 0 Å². The number of aliphatic hydroxyl groups is 1. The van der Waals surface area contributed by atoms with E-state index in [0.717, 1.165) is 16.8 Å². The highest BCUT2D eigenvalue weighted by Crippen LogP contribution is 2.24. The monoisotopic (exact) mass is 177 g/mol. The van der Waals surface area contributed by atoms with Gasteiger partial charge < -0.3 is 10.0 Å². The first-order valence-electron chi connectivity index (χ1n) is 4.23. The lowest BCUT2D eigenvalue weighted by Gasteiger charge is -2.05. The maximum Gasteiger partial charge on any atom is 0.247 e. The van der Waals surface area contributed by atoms with Crippen LogP contribution in [0, 0.1) is 6.92 Å². The van der Waals surface area contributed by atoms with Gasteiger partial charge in [-0.2, -0.15) is 0 Å². The first-order chi connectivity index (χ1) is 6.22. The summed E-state index contributed by atoms with van der Waals surface area (Å²) in [6, 6.07) is 5.69. The molecule has 1 N–H and O–H groups in total. The number of nitrogens with zero attached hydrogens (tertiary/aromatic N) is 1. The van der Waals surface area contributed by atoms with Gasteiger partial charge in [0.2, 0.25) is 5.91 Å². The minimum absolute atomic E-state index is 0.0295. The molecule has 1 saturated heterocycles. The Kier molecular flexibility index (Phi) is 1.81. The highest BCUT2D eigenvalue weighted by Gasteiger charge is 2.31. The molecule has 0 aromatic heterocycles. The van der Waals surface area contributed by atoms with E-state index in [-0.39, 0.29) is 12.5 Å². The summed E-state index contributed by atoms with van der Waals surface area (Å²) in [6.07, 6.45) is 0. The molecule has 1 aliphatic heterocycles. The van der Waals surface area contributed by atoms with Crippen LogP contribution in [0.5, 0.6) is 0 Å². The number of carbonyl (C=O) groups is 1. The molecule has 0 bridgehead atoms. The highest BCUT2D eigenvalue weighted by molar-refractivity contribution is 6.11. The second kappa shape index (κ2) is 2.85. The van der Waals surface area contributed by atoms with Crippen molar-refractivity contribution < 1.29 is 9.90 Å². The van der Waals surface area contributed by atoms with Crippen LogP contribution in [-0.2, 0) is 11.4 Å². The van der Waals surface area contributed by atoms with Gasteiger partial charge in [0.25, 0.3) is 0 Å². The van der Waals surface area contributed by atoms with Crippen LogP contribution >= 0.6 is 0 Å². The van der Waals surface area contributed by atoms with Crippen LogP contribution in [0.15, 0.2) is 18.2 Å². The van der Waals surface area contributed by atoms with Gasteiger partial charge in [-0.1, -0.05) is 6.07 Å². The van der Waals surface area contributed by atoms with E-state index in [0.29, 0.717) is 6.54 Å². The fourth-order valence-electron chi connectivity index (χ4n) is 1.33. The molecule has 1 aromatic rings.